The minimum atomic E-state index is 0.547. The minimum Gasteiger partial charge on any atom is -0.378 e. The molecule has 0 N–H and O–H groups in total. The zero-order valence-electron chi connectivity index (χ0n) is 8.54. The third-order valence-corrected chi connectivity index (χ3v) is 4.16. The number of rotatable bonds is 3. The first kappa shape index (κ1) is 12.0. The molecule has 1 aromatic carbocycles. The van der Waals surface area contributed by atoms with Crippen molar-refractivity contribution in [3.8, 4) is 10.6 Å². The Morgan fingerprint density at radius 3 is 3.00 bits per heavy atom. The monoisotopic (exact) mass is 317 g/mol. The van der Waals surface area contributed by atoms with E-state index in [4.69, 9.17) is 16.3 Å². The summed E-state index contributed by atoms with van der Waals surface area (Å²) in [5.74, 6) is 0. The van der Waals surface area contributed by atoms with Crippen molar-refractivity contribution in [3.63, 3.8) is 0 Å². The molecule has 0 aliphatic rings. The van der Waals surface area contributed by atoms with Gasteiger partial charge >= 0.3 is 0 Å². The number of nitrogens with zero attached hydrogens (tertiary/aromatic N) is 1. The zero-order chi connectivity index (χ0) is 11.5. The molecule has 0 aliphatic heterocycles. The smallest absolute Gasteiger partial charge is 0.123 e. The fourth-order valence-electron chi connectivity index (χ4n) is 1.28. The molecule has 5 heteroatoms. The van der Waals surface area contributed by atoms with E-state index < -0.39 is 0 Å². The zero-order valence-corrected chi connectivity index (χ0v) is 11.7. The van der Waals surface area contributed by atoms with E-state index in [1.54, 1.807) is 18.4 Å². The maximum atomic E-state index is 5.94. The summed E-state index contributed by atoms with van der Waals surface area (Å²) in [6, 6.07) is 5.79. The highest BCUT2D eigenvalue weighted by Crippen LogP contribution is 2.30. The van der Waals surface area contributed by atoms with Crippen LogP contribution >= 0.6 is 38.9 Å². The van der Waals surface area contributed by atoms with Crippen LogP contribution in [0.4, 0.5) is 0 Å². The number of benzene rings is 1. The Morgan fingerprint density at radius 1 is 1.50 bits per heavy atom. The van der Waals surface area contributed by atoms with Gasteiger partial charge in [0.25, 0.3) is 0 Å². The third kappa shape index (κ3) is 2.63. The number of hydrogen-bond acceptors (Lipinski definition) is 3. The fraction of sp³-hybridized carbons (Fsp3) is 0.182. The largest absolute Gasteiger partial charge is 0.378 e. The molecular formula is C11H9BrClNOS. The van der Waals surface area contributed by atoms with Gasteiger partial charge in [0, 0.05) is 22.5 Å². The van der Waals surface area contributed by atoms with Gasteiger partial charge in [-0.15, -0.1) is 11.3 Å². The van der Waals surface area contributed by atoms with Crippen LogP contribution in [0.15, 0.2) is 28.1 Å². The van der Waals surface area contributed by atoms with E-state index in [0.29, 0.717) is 11.6 Å². The maximum Gasteiger partial charge on any atom is 0.123 e. The Labute approximate surface area is 111 Å². The van der Waals surface area contributed by atoms with Crippen molar-refractivity contribution in [2.24, 2.45) is 0 Å². The van der Waals surface area contributed by atoms with Crippen LogP contribution in [0.25, 0.3) is 10.6 Å². The fourth-order valence-corrected chi connectivity index (χ4v) is 2.58. The standard InChI is InChI=1S/C11H9BrClNOS/c1-15-5-8-6-16-11(14-8)7-2-3-10(13)9(12)4-7/h2-4,6H,5H2,1H3. The molecular weight excluding hydrogens is 310 g/mol. The molecule has 2 aromatic rings. The van der Waals surface area contributed by atoms with Crippen LogP contribution in [0, 0.1) is 0 Å². The quantitative estimate of drug-likeness (QED) is 0.838. The summed E-state index contributed by atoms with van der Waals surface area (Å²) in [7, 11) is 1.66. The molecule has 0 unspecified atom stereocenters. The first-order chi connectivity index (χ1) is 7.70. The number of hydrogen-bond donors (Lipinski definition) is 0. The molecule has 2 rings (SSSR count). The summed E-state index contributed by atoms with van der Waals surface area (Å²) in [4.78, 5) is 4.47. The normalized spacial score (nSPS) is 10.7. The molecule has 0 aliphatic carbocycles. The first-order valence-corrected chi connectivity index (χ1v) is 6.64. The topological polar surface area (TPSA) is 22.1 Å². The Morgan fingerprint density at radius 2 is 2.31 bits per heavy atom. The molecule has 0 saturated carbocycles. The molecule has 0 amide bonds. The summed E-state index contributed by atoms with van der Waals surface area (Å²) < 4.78 is 5.92. The lowest BCUT2D eigenvalue weighted by molar-refractivity contribution is 0.182. The molecule has 1 aromatic heterocycles. The van der Waals surface area contributed by atoms with Gasteiger partial charge in [-0.25, -0.2) is 4.98 Å². The van der Waals surface area contributed by atoms with E-state index in [-0.39, 0.29) is 0 Å². The minimum absolute atomic E-state index is 0.547. The molecule has 0 saturated heterocycles. The molecule has 0 bridgehead atoms. The number of halogens is 2. The van der Waals surface area contributed by atoms with Gasteiger partial charge in [0.05, 0.1) is 17.3 Å². The number of aromatic nitrogens is 1. The second kappa shape index (κ2) is 5.27. The SMILES string of the molecule is COCc1csc(-c2ccc(Cl)c(Br)c2)n1. The summed E-state index contributed by atoms with van der Waals surface area (Å²) in [5.41, 5.74) is 2.01. The van der Waals surface area contributed by atoms with Crippen LogP contribution in [0.5, 0.6) is 0 Å². The van der Waals surface area contributed by atoms with Crippen molar-refractivity contribution in [3.05, 3.63) is 38.8 Å². The van der Waals surface area contributed by atoms with Gasteiger partial charge in [0.2, 0.25) is 0 Å². The Hall–Kier alpha value is -0.420. The molecule has 0 radical (unpaired) electrons. The second-order valence-electron chi connectivity index (χ2n) is 3.21. The van der Waals surface area contributed by atoms with Crippen LogP contribution in [0.2, 0.25) is 5.02 Å². The average Bonchev–Trinajstić information content (AvgIpc) is 2.71. The van der Waals surface area contributed by atoms with Gasteiger partial charge in [0.1, 0.15) is 5.01 Å². The third-order valence-electron chi connectivity index (χ3n) is 2.01. The van der Waals surface area contributed by atoms with Crippen molar-refractivity contribution in [2.45, 2.75) is 6.61 Å². The van der Waals surface area contributed by atoms with E-state index >= 15 is 0 Å². The van der Waals surface area contributed by atoms with Gasteiger partial charge in [-0.05, 0) is 28.1 Å². The predicted octanol–water partition coefficient (Wildman–Crippen LogP) is 4.37. The van der Waals surface area contributed by atoms with Gasteiger partial charge in [0.15, 0.2) is 0 Å². The number of methoxy groups -OCH3 is 1. The molecule has 1 heterocycles. The predicted molar refractivity (Wildman–Crippen MR) is 71.0 cm³/mol. The van der Waals surface area contributed by atoms with E-state index in [2.05, 4.69) is 20.9 Å². The molecule has 0 fully saturated rings. The van der Waals surface area contributed by atoms with E-state index in [1.165, 1.54) is 0 Å². The van der Waals surface area contributed by atoms with E-state index in [0.717, 1.165) is 20.7 Å². The molecule has 0 spiro atoms. The lowest BCUT2D eigenvalue weighted by Gasteiger charge is -1.99. The summed E-state index contributed by atoms with van der Waals surface area (Å²) in [6.07, 6.45) is 0. The summed E-state index contributed by atoms with van der Waals surface area (Å²) >= 11 is 10.9. The van der Waals surface area contributed by atoms with Crippen molar-refractivity contribution in [2.75, 3.05) is 7.11 Å². The number of ether oxygens (including phenoxy) is 1. The summed E-state index contributed by atoms with van der Waals surface area (Å²) in [6.45, 7) is 0.547. The van der Waals surface area contributed by atoms with Crippen LogP contribution < -0.4 is 0 Å². The van der Waals surface area contributed by atoms with Gasteiger partial charge in [-0.3, -0.25) is 0 Å². The van der Waals surface area contributed by atoms with Crippen molar-refractivity contribution in [1.29, 1.82) is 0 Å². The van der Waals surface area contributed by atoms with Gasteiger partial charge in [-0.2, -0.15) is 0 Å². The number of thiazole rings is 1. The highest BCUT2D eigenvalue weighted by molar-refractivity contribution is 9.10. The molecule has 2 nitrogen and oxygen atoms in total. The highest BCUT2D eigenvalue weighted by Gasteiger charge is 2.06. The van der Waals surface area contributed by atoms with Crippen LogP contribution in [0.1, 0.15) is 5.69 Å². The lowest BCUT2D eigenvalue weighted by Crippen LogP contribution is -1.87. The van der Waals surface area contributed by atoms with Crippen LogP contribution in [-0.4, -0.2) is 12.1 Å². The molecule has 84 valence electrons. The second-order valence-corrected chi connectivity index (χ2v) is 5.33. The van der Waals surface area contributed by atoms with E-state index in [1.807, 2.05) is 23.6 Å². The van der Waals surface area contributed by atoms with E-state index in [9.17, 15) is 0 Å². The lowest BCUT2D eigenvalue weighted by atomic mass is 10.2. The maximum absolute atomic E-state index is 5.94. The van der Waals surface area contributed by atoms with Crippen molar-refractivity contribution < 1.29 is 4.74 Å². The average molecular weight is 319 g/mol. The van der Waals surface area contributed by atoms with Crippen LogP contribution in [-0.2, 0) is 11.3 Å². The van der Waals surface area contributed by atoms with Gasteiger partial charge in [-0.1, -0.05) is 17.7 Å². The Bertz CT molecular complexity index is 500. The first-order valence-electron chi connectivity index (χ1n) is 4.59. The van der Waals surface area contributed by atoms with Crippen LogP contribution in [0.3, 0.4) is 0 Å². The Balaban J connectivity index is 2.31. The van der Waals surface area contributed by atoms with Crippen molar-refractivity contribution in [1.82, 2.24) is 4.98 Å². The van der Waals surface area contributed by atoms with Gasteiger partial charge < -0.3 is 4.74 Å². The van der Waals surface area contributed by atoms with Crippen molar-refractivity contribution >= 4 is 38.9 Å². The summed E-state index contributed by atoms with van der Waals surface area (Å²) in [5, 5.41) is 3.68. The highest BCUT2D eigenvalue weighted by atomic mass is 79.9. The Kier molecular flexibility index (Phi) is 3.97. The molecule has 16 heavy (non-hydrogen) atoms. The molecule has 0 atom stereocenters.